The summed E-state index contributed by atoms with van der Waals surface area (Å²) < 4.78 is 0. The zero-order chi connectivity index (χ0) is 8.91. The summed E-state index contributed by atoms with van der Waals surface area (Å²) in [5, 5.41) is 6.33. The second kappa shape index (κ2) is 4.37. The largest absolute Gasteiger partial charge is 0.292 e. The molecule has 0 aromatic heterocycles. The molecule has 0 aromatic rings. The average Bonchev–Trinajstić information content (AvgIpc) is 2.40. The molecular weight excluding hydrogens is 136 g/mol. The van der Waals surface area contributed by atoms with E-state index >= 15 is 0 Å². The highest BCUT2D eigenvalue weighted by Gasteiger charge is 2.20. The highest BCUT2D eigenvalue weighted by molar-refractivity contribution is 5.58. The van der Waals surface area contributed by atoms with E-state index in [0.717, 1.165) is 13.0 Å². The highest BCUT2D eigenvalue weighted by Crippen LogP contribution is 2.15. The second-order valence-corrected chi connectivity index (χ2v) is 3.38. The topological polar surface area (TPSA) is 15.6 Å². The smallest absolute Gasteiger partial charge is 0.0495 e. The van der Waals surface area contributed by atoms with Gasteiger partial charge in [-0.1, -0.05) is 13.8 Å². The van der Waals surface area contributed by atoms with E-state index in [2.05, 4.69) is 30.9 Å². The van der Waals surface area contributed by atoms with E-state index in [1.54, 1.807) is 0 Å². The quantitative estimate of drug-likeness (QED) is 0.526. The summed E-state index contributed by atoms with van der Waals surface area (Å²) in [5.41, 5.74) is 0.215. The van der Waals surface area contributed by atoms with Gasteiger partial charge >= 0.3 is 0 Å². The van der Waals surface area contributed by atoms with Crippen LogP contribution in [0, 0.1) is 0 Å². The molecule has 0 saturated heterocycles. The molecule has 0 atom stereocenters. The van der Waals surface area contributed by atoms with Crippen LogP contribution in [0.25, 0.3) is 0 Å². The third kappa shape index (κ3) is 3.40. The average molecular weight is 156 g/mol. The fraction of sp³-hybridized carbons (Fsp3) is 0.889. The molecule has 0 amide bonds. The van der Waals surface area contributed by atoms with Crippen LogP contribution in [0.3, 0.4) is 0 Å². The van der Waals surface area contributed by atoms with Gasteiger partial charge in [0.25, 0.3) is 0 Å². The Hall–Kier alpha value is -0.530. The summed E-state index contributed by atoms with van der Waals surface area (Å²) in [6, 6.07) is 0. The zero-order valence-corrected chi connectivity index (χ0v) is 8.39. The Morgan fingerprint density at radius 2 is 1.82 bits per heavy atom. The number of hydrazone groups is 1. The van der Waals surface area contributed by atoms with Crippen molar-refractivity contribution in [2.45, 2.75) is 46.6 Å². The van der Waals surface area contributed by atoms with Crippen LogP contribution in [0.15, 0.2) is 5.10 Å². The minimum Gasteiger partial charge on any atom is -0.292 e. The van der Waals surface area contributed by atoms with Crippen LogP contribution >= 0.6 is 0 Å². The molecule has 0 N–H and O–H groups in total. The first-order valence-corrected chi connectivity index (χ1v) is 4.41. The molecule has 0 aliphatic carbocycles. The van der Waals surface area contributed by atoms with E-state index < -0.39 is 0 Å². The summed E-state index contributed by atoms with van der Waals surface area (Å²) in [6.07, 6.45) is 3.09. The van der Waals surface area contributed by atoms with Gasteiger partial charge in [0.2, 0.25) is 0 Å². The third-order valence-corrected chi connectivity index (χ3v) is 1.47. The Labute approximate surface area is 70.3 Å². The predicted molar refractivity (Wildman–Crippen MR) is 50.9 cm³/mol. The van der Waals surface area contributed by atoms with Crippen molar-refractivity contribution in [1.82, 2.24) is 5.01 Å². The van der Waals surface area contributed by atoms with Gasteiger partial charge in [0.15, 0.2) is 0 Å². The van der Waals surface area contributed by atoms with Crippen LogP contribution in [0.1, 0.15) is 41.0 Å². The number of hydrogen-bond acceptors (Lipinski definition) is 2. The van der Waals surface area contributed by atoms with Gasteiger partial charge in [-0.25, -0.2) is 0 Å². The molecule has 11 heavy (non-hydrogen) atoms. The van der Waals surface area contributed by atoms with Gasteiger partial charge in [-0.3, -0.25) is 5.01 Å². The molecule has 0 bridgehead atoms. The van der Waals surface area contributed by atoms with Crippen molar-refractivity contribution < 1.29 is 0 Å². The van der Waals surface area contributed by atoms with Gasteiger partial charge < -0.3 is 0 Å². The van der Waals surface area contributed by atoms with E-state index in [9.17, 15) is 0 Å². The molecule has 0 spiro atoms. The Balaban J connectivity index is 0.000000461. The standard InChI is InChI=1S/C7H14N2.C2H6/c1-7(2,3)9-6-4-5-8-9;1-2/h5H,4,6H2,1-3H3;1-2H3. The predicted octanol–water partition coefficient (Wildman–Crippen LogP) is 2.50. The number of nitrogens with zero attached hydrogens (tertiary/aromatic N) is 2. The molecular formula is C9H20N2. The summed E-state index contributed by atoms with van der Waals surface area (Å²) in [7, 11) is 0. The summed E-state index contributed by atoms with van der Waals surface area (Å²) in [4.78, 5) is 0. The van der Waals surface area contributed by atoms with E-state index in [4.69, 9.17) is 0 Å². The van der Waals surface area contributed by atoms with E-state index in [1.807, 2.05) is 20.1 Å². The molecule has 1 heterocycles. The van der Waals surface area contributed by atoms with Crippen molar-refractivity contribution in [3.8, 4) is 0 Å². The fourth-order valence-corrected chi connectivity index (χ4v) is 0.903. The Bertz CT molecular complexity index is 122. The van der Waals surface area contributed by atoms with Gasteiger partial charge in [-0.05, 0) is 20.8 Å². The Kier molecular flexibility index (Phi) is 4.16. The normalized spacial score (nSPS) is 16.3. The van der Waals surface area contributed by atoms with Crippen molar-refractivity contribution >= 4 is 6.21 Å². The lowest BCUT2D eigenvalue weighted by molar-refractivity contribution is 0.161. The Morgan fingerprint density at radius 3 is 2.00 bits per heavy atom. The summed E-state index contributed by atoms with van der Waals surface area (Å²) >= 11 is 0. The molecule has 1 aliphatic heterocycles. The molecule has 1 aliphatic rings. The zero-order valence-electron chi connectivity index (χ0n) is 8.39. The molecule has 0 radical (unpaired) electrons. The molecule has 2 nitrogen and oxygen atoms in total. The van der Waals surface area contributed by atoms with Crippen molar-refractivity contribution in [2.75, 3.05) is 6.54 Å². The lowest BCUT2D eigenvalue weighted by Gasteiger charge is -2.29. The first-order chi connectivity index (χ1) is 5.11. The minimum atomic E-state index is 0.215. The van der Waals surface area contributed by atoms with Crippen molar-refractivity contribution in [2.24, 2.45) is 5.10 Å². The van der Waals surface area contributed by atoms with Gasteiger partial charge in [0.1, 0.15) is 0 Å². The van der Waals surface area contributed by atoms with E-state index in [1.165, 1.54) is 0 Å². The highest BCUT2D eigenvalue weighted by atomic mass is 15.5. The van der Waals surface area contributed by atoms with Crippen LogP contribution in [0.2, 0.25) is 0 Å². The molecule has 1 rings (SSSR count). The maximum Gasteiger partial charge on any atom is 0.0495 e. The minimum absolute atomic E-state index is 0.215. The lowest BCUT2D eigenvalue weighted by Crippen LogP contribution is -2.35. The van der Waals surface area contributed by atoms with E-state index in [0.29, 0.717) is 0 Å². The summed E-state index contributed by atoms with van der Waals surface area (Å²) in [5.74, 6) is 0. The van der Waals surface area contributed by atoms with Crippen LogP contribution < -0.4 is 0 Å². The fourth-order valence-electron chi connectivity index (χ4n) is 0.903. The molecule has 0 fully saturated rings. The maximum absolute atomic E-state index is 4.22. The lowest BCUT2D eigenvalue weighted by atomic mass is 10.1. The first kappa shape index (κ1) is 10.5. The van der Waals surface area contributed by atoms with Crippen molar-refractivity contribution in [1.29, 1.82) is 0 Å². The molecule has 0 unspecified atom stereocenters. The first-order valence-electron chi connectivity index (χ1n) is 4.41. The van der Waals surface area contributed by atoms with Crippen LogP contribution in [0.4, 0.5) is 0 Å². The third-order valence-electron chi connectivity index (χ3n) is 1.47. The Morgan fingerprint density at radius 1 is 1.27 bits per heavy atom. The van der Waals surface area contributed by atoms with Crippen LogP contribution in [-0.4, -0.2) is 23.3 Å². The van der Waals surface area contributed by atoms with Crippen molar-refractivity contribution in [3.63, 3.8) is 0 Å². The molecule has 0 aromatic carbocycles. The van der Waals surface area contributed by atoms with Gasteiger partial charge in [0.05, 0.1) is 0 Å². The number of hydrogen-bond donors (Lipinski definition) is 0. The van der Waals surface area contributed by atoms with Crippen LogP contribution in [-0.2, 0) is 0 Å². The monoisotopic (exact) mass is 156 g/mol. The van der Waals surface area contributed by atoms with Gasteiger partial charge in [-0.2, -0.15) is 5.10 Å². The second-order valence-electron chi connectivity index (χ2n) is 3.38. The van der Waals surface area contributed by atoms with Crippen molar-refractivity contribution in [3.05, 3.63) is 0 Å². The van der Waals surface area contributed by atoms with Gasteiger partial charge in [-0.15, -0.1) is 0 Å². The maximum atomic E-state index is 4.22. The molecule has 2 heteroatoms. The van der Waals surface area contributed by atoms with E-state index in [-0.39, 0.29) is 5.54 Å². The molecule has 66 valence electrons. The SMILES string of the molecule is CC.CC(C)(C)N1CCC=N1. The summed E-state index contributed by atoms with van der Waals surface area (Å²) in [6.45, 7) is 11.6. The van der Waals surface area contributed by atoms with Gasteiger partial charge in [0, 0.05) is 24.7 Å². The number of rotatable bonds is 0. The molecule has 0 saturated carbocycles. The van der Waals surface area contributed by atoms with Crippen LogP contribution in [0.5, 0.6) is 0 Å².